The molecule has 2 aromatic heterocycles. The molecular weight excluding hydrogens is 271 g/mol. The fourth-order valence-electron chi connectivity index (χ4n) is 2.36. The quantitative estimate of drug-likeness (QED) is 0.786. The van der Waals surface area contributed by atoms with Crippen molar-refractivity contribution in [1.29, 1.82) is 0 Å². The van der Waals surface area contributed by atoms with E-state index in [0.29, 0.717) is 0 Å². The van der Waals surface area contributed by atoms with Crippen LogP contribution in [0.2, 0.25) is 0 Å². The maximum Gasteiger partial charge on any atom is 0.141 e. The Balaban J connectivity index is 1.89. The third-order valence-electron chi connectivity index (χ3n) is 3.44. The standard InChI is InChI=1S/C16H15FN2S/c1-18-15(14-7-6-12(17)9-19-14)8-11-10-20-16-5-3-2-4-13(11)16/h2-7,9-10,15,18H,8H2,1H3. The summed E-state index contributed by atoms with van der Waals surface area (Å²) in [7, 11) is 1.91. The lowest BCUT2D eigenvalue weighted by atomic mass is 10.0. The van der Waals surface area contributed by atoms with Gasteiger partial charge >= 0.3 is 0 Å². The van der Waals surface area contributed by atoms with E-state index in [0.717, 1.165) is 12.1 Å². The van der Waals surface area contributed by atoms with Gasteiger partial charge in [0.05, 0.1) is 17.9 Å². The fourth-order valence-corrected chi connectivity index (χ4v) is 3.33. The molecule has 1 unspecified atom stereocenters. The summed E-state index contributed by atoms with van der Waals surface area (Å²) in [5, 5.41) is 6.74. The predicted octanol–water partition coefficient (Wildman–Crippen LogP) is 3.94. The minimum atomic E-state index is -0.301. The van der Waals surface area contributed by atoms with E-state index in [1.807, 2.05) is 7.05 Å². The molecule has 3 aromatic rings. The molecule has 0 spiro atoms. The van der Waals surface area contributed by atoms with Crippen LogP contribution in [0.5, 0.6) is 0 Å². The van der Waals surface area contributed by atoms with Crippen LogP contribution in [0.3, 0.4) is 0 Å². The molecule has 1 atom stereocenters. The summed E-state index contributed by atoms with van der Waals surface area (Å²) in [6.45, 7) is 0. The molecule has 1 N–H and O–H groups in total. The van der Waals surface area contributed by atoms with Gasteiger partial charge in [-0.2, -0.15) is 0 Å². The summed E-state index contributed by atoms with van der Waals surface area (Å²) in [6, 6.07) is 11.7. The Morgan fingerprint density at radius 2 is 2.10 bits per heavy atom. The zero-order valence-corrected chi connectivity index (χ0v) is 12.0. The van der Waals surface area contributed by atoms with Gasteiger partial charge in [-0.1, -0.05) is 18.2 Å². The zero-order valence-electron chi connectivity index (χ0n) is 11.1. The third kappa shape index (κ3) is 2.57. The number of fused-ring (bicyclic) bond motifs is 1. The van der Waals surface area contributed by atoms with Gasteiger partial charge in [0.1, 0.15) is 5.82 Å². The first-order valence-electron chi connectivity index (χ1n) is 6.52. The highest BCUT2D eigenvalue weighted by molar-refractivity contribution is 7.17. The number of aromatic nitrogens is 1. The number of benzene rings is 1. The van der Waals surface area contributed by atoms with Crippen LogP contribution < -0.4 is 5.32 Å². The molecule has 0 fully saturated rings. The average molecular weight is 286 g/mol. The summed E-state index contributed by atoms with van der Waals surface area (Å²) >= 11 is 1.76. The van der Waals surface area contributed by atoms with Gasteiger partial charge in [0.2, 0.25) is 0 Å². The lowest BCUT2D eigenvalue weighted by Crippen LogP contribution is -2.19. The summed E-state index contributed by atoms with van der Waals surface area (Å²) in [5.41, 5.74) is 2.17. The lowest BCUT2D eigenvalue weighted by Gasteiger charge is -2.15. The van der Waals surface area contributed by atoms with Crippen molar-refractivity contribution in [2.45, 2.75) is 12.5 Å². The molecule has 20 heavy (non-hydrogen) atoms. The second-order valence-electron chi connectivity index (χ2n) is 4.70. The smallest absolute Gasteiger partial charge is 0.141 e. The second-order valence-corrected chi connectivity index (χ2v) is 5.61. The first-order valence-corrected chi connectivity index (χ1v) is 7.39. The molecule has 1 aromatic carbocycles. The van der Waals surface area contributed by atoms with Crippen LogP contribution >= 0.6 is 11.3 Å². The number of halogens is 1. The van der Waals surface area contributed by atoms with Crippen molar-refractivity contribution >= 4 is 21.4 Å². The predicted molar refractivity (Wildman–Crippen MR) is 81.5 cm³/mol. The molecule has 0 amide bonds. The van der Waals surface area contributed by atoms with E-state index in [2.05, 4.69) is 39.9 Å². The molecule has 2 heterocycles. The number of thiophene rings is 1. The number of pyridine rings is 1. The molecule has 0 aliphatic heterocycles. The Morgan fingerprint density at radius 1 is 1.25 bits per heavy atom. The van der Waals surface area contributed by atoms with E-state index < -0.39 is 0 Å². The second kappa shape index (κ2) is 5.69. The number of likely N-dealkylation sites (N-methyl/N-ethyl adjacent to an activating group) is 1. The molecular formula is C16H15FN2S. The van der Waals surface area contributed by atoms with Crippen molar-refractivity contribution in [3.8, 4) is 0 Å². The molecule has 0 aliphatic rings. The largest absolute Gasteiger partial charge is 0.311 e. The van der Waals surface area contributed by atoms with E-state index in [1.165, 1.54) is 27.9 Å². The molecule has 4 heteroatoms. The fraction of sp³-hybridized carbons (Fsp3) is 0.188. The summed E-state index contributed by atoms with van der Waals surface area (Å²) in [5.74, 6) is -0.301. The minimum Gasteiger partial charge on any atom is -0.311 e. The van der Waals surface area contributed by atoms with Gasteiger partial charge in [-0.25, -0.2) is 4.39 Å². The van der Waals surface area contributed by atoms with Crippen molar-refractivity contribution < 1.29 is 4.39 Å². The van der Waals surface area contributed by atoms with E-state index in [4.69, 9.17) is 0 Å². The van der Waals surface area contributed by atoms with Crippen molar-refractivity contribution in [3.05, 3.63) is 65.0 Å². The third-order valence-corrected chi connectivity index (χ3v) is 4.45. The van der Waals surface area contributed by atoms with Crippen molar-refractivity contribution in [2.75, 3.05) is 7.05 Å². The Kier molecular flexibility index (Phi) is 3.76. The summed E-state index contributed by atoms with van der Waals surface area (Å²) in [6.07, 6.45) is 2.12. The van der Waals surface area contributed by atoms with Crippen molar-refractivity contribution in [3.63, 3.8) is 0 Å². The Hall–Kier alpha value is -1.78. The molecule has 0 radical (unpaired) electrons. The Bertz CT molecular complexity index is 706. The van der Waals surface area contributed by atoms with Gasteiger partial charge < -0.3 is 5.32 Å². The summed E-state index contributed by atoms with van der Waals surface area (Å²) < 4.78 is 14.3. The molecule has 3 rings (SSSR count). The van der Waals surface area contributed by atoms with Crippen molar-refractivity contribution in [1.82, 2.24) is 10.3 Å². The van der Waals surface area contributed by atoms with E-state index in [1.54, 1.807) is 17.4 Å². The number of rotatable bonds is 4. The first kappa shape index (κ1) is 13.2. The van der Waals surface area contributed by atoms with Gasteiger partial charge in [0, 0.05) is 4.70 Å². The summed E-state index contributed by atoms with van der Waals surface area (Å²) in [4.78, 5) is 4.18. The van der Waals surface area contributed by atoms with Crippen LogP contribution in [0, 0.1) is 5.82 Å². The van der Waals surface area contributed by atoms with Crippen LogP contribution in [-0.2, 0) is 6.42 Å². The highest BCUT2D eigenvalue weighted by Gasteiger charge is 2.14. The van der Waals surface area contributed by atoms with E-state index in [9.17, 15) is 4.39 Å². The highest BCUT2D eigenvalue weighted by atomic mass is 32.1. The molecule has 0 saturated heterocycles. The van der Waals surface area contributed by atoms with Crippen LogP contribution in [-0.4, -0.2) is 12.0 Å². The van der Waals surface area contributed by atoms with Gasteiger partial charge in [-0.3, -0.25) is 4.98 Å². The average Bonchev–Trinajstić information content (AvgIpc) is 2.89. The Morgan fingerprint density at radius 3 is 2.85 bits per heavy atom. The van der Waals surface area contributed by atoms with Gasteiger partial charge in [0.15, 0.2) is 0 Å². The number of hydrogen-bond acceptors (Lipinski definition) is 3. The maximum atomic E-state index is 13.0. The first-order chi connectivity index (χ1) is 9.78. The molecule has 102 valence electrons. The van der Waals surface area contributed by atoms with Crippen LogP contribution in [0.25, 0.3) is 10.1 Å². The number of nitrogens with zero attached hydrogens (tertiary/aromatic N) is 1. The monoisotopic (exact) mass is 286 g/mol. The maximum absolute atomic E-state index is 13.0. The van der Waals surface area contributed by atoms with Crippen LogP contribution in [0.1, 0.15) is 17.3 Å². The minimum absolute atomic E-state index is 0.0913. The van der Waals surface area contributed by atoms with Crippen molar-refractivity contribution in [2.24, 2.45) is 0 Å². The molecule has 0 saturated carbocycles. The Labute approximate surface area is 121 Å². The molecule has 0 aliphatic carbocycles. The zero-order chi connectivity index (χ0) is 13.9. The van der Waals surface area contributed by atoms with Gasteiger partial charge in [-0.15, -0.1) is 11.3 Å². The van der Waals surface area contributed by atoms with E-state index in [-0.39, 0.29) is 11.9 Å². The van der Waals surface area contributed by atoms with Crippen LogP contribution in [0.15, 0.2) is 48.0 Å². The SMILES string of the molecule is CNC(Cc1csc2ccccc12)c1ccc(F)cn1. The molecule has 0 bridgehead atoms. The topological polar surface area (TPSA) is 24.9 Å². The van der Waals surface area contributed by atoms with Crippen LogP contribution in [0.4, 0.5) is 4.39 Å². The normalized spacial score (nSPS) is 12.7. The lowest BCUT2D eigenvalue weighted by molar-refractivity contribution is 0.567. The molecule has 2 nitrogen and oxygen atoms in total. The number of nitrogens with one attached hydrogen (secondary N) is 1. The van der Waals surface area contributed by atoms with Gasteiger partial charge in [0.25, 0.3) is 0 Å². The number of hydrogen-bond donors (Lipinski definition) is 1. The van der Waals surface area contributed by atoms with E-state index >= 15 is 0 Å². The highest BCUT2D eigenvalue weighted by Crippen LogP contribution is 2.29. The van der Waals surface area contributed by atoms with Gasteiger partial charge in [-0.05, 0) is 48.0 Å².